The third-order valence-corrected chi connectivity index (χ3v) is 6.48. The van der Waals surface area contributed by atoms with Crippen LogP contribution in [0.2, 0.25) is 0 Å². The molecule has 0 radical (unpaired) electrons. The van der Waals surface area contributed by atoms with Crippen molar-refractivity contribution in [3.05, 3.63) is 17.7 Å². The lowest BCUT2D eigenvalue weighted by molar-refractivity contribution is 0.0896. The summed E-state index contributed by atoms with van der Waals surface area (Å²) in [5, 5.41) is 1.30. The van der Waals surface area contributed by atoms with Crippen molar-refractivity contribution in [3.8, 4) is 17.2 Å². The lowest BCUT2D eigenvalue weighted by Crippen LogP contribution is -2.32. The molecule has 126 valence electrons. The van der Waals surface area contributed by atoms with Gasteiger partial charge >= 0.3 is 0 Å². The Morgan fingerprint density at radius 2 is 1.57 bits per heavy atom. The van der Waals surface area contributed by atoms with Gasteiger partial charge in [-0.1, -0.05) is 6.42 Å². The maximum absolute atomic E-state index is 13.0. The number of rotatable bonds is 5. The van der Waals surface area contributed by atoms with E-state index in [1.54, 1.807) is 33.5 Å². The predicted octanol–water partition coefficient (Wildman–Crippen LogP) is 3.96. The fourth-order valence-electron chi connectivity index (χ4n) is 3.73. The van der Waals surface area contributed by atoms with Crippen molar-refractivity contribution in [2.45, 2.75) is 42.6 Å². The summed E-state index contributed by atoms with van der Waals surface area (Å²) in [6.45, 7) is 0. The molecule has 0 spiro atoms. The summed E-state index contributed by atoms with van der Waals surface area (Å²) in [6, 6.07) is 3.56. The minimum Gasteiger partial charge on any atom is -0.493 e. The summed E-state index contributed by atoms with van der Waals surface area (Å²) in [4.78, 5) is 13.0. The van der Waals surface area contributed by atoms with Gasteiger partial charge in [-0.2, -0.15) is 11.8 Å². The summed E-state index contributed by atoms with van der Waals surface area (Å²) in [5.41, 5.74) is 0.662. The van der Waals surface area contributed by atoms with Crippen molar-refractivity contribution in [3.63, 3.8) is 0 Å². The average molecular weight is 336 g/mol. The van der Waals surface area contributed by atoms with Gasteiger partial charge in [-0.05, 0) is 37.8 Å². The first-order valence-electron chi connectivity index (χ1n) is 8.16. The molecule has 2 fully saturated rings. The molecule has 0 N–H and O–H groups in total. The highest BCUT2D eigenvalue weighted by molar-refractivity contribution is 8.00. The van der Waals surface area contributed by atoms with Crippen molar-refractivity contribution in [2.24, 2.45) is 5.92 Å². The van der Waals surface area contributed by atoms with Gasteiger partial charge in [0, 0.05) is 22.0 Å². The number of fused-ring (bicyclic) bond motifs is 2. The highest BCUT2D eigenvalue weighted by atomic mass is 32.2. The maximum Gasteiger partial charge on any atom is 0.203 e. The van der Waals surface area contributed by atoms with Gasteiger partial charge in [0.1, 0.15) is 0 Å². The average Bonchev–Trinajstić information content (AvgIpc) is 2.59. The van der Waals surface area contributed by atoms with Crippen LogP contribution in [-0.2, 0) is 0 Å². The Morgan fingerprint density at radius 1 is 1.00 bits per heavy atom. The minimum atomic E-state index is 0.120. The quantitative estimate of drug-likeness (QED) is 0.762. The molecule has 0 saturated carbocycles. The standard InChI is InChI=1S/C18H24O4S/c1-20-15-9-12(10-16(21-2)18(15)22-3)17(19)11-7-13-5-4-6-14(8-11)23-13/h9-11,13-14H,4-8H2,1-3H3. The number of ether oxygens (including phenoxy) is 3. The van der Waals surface area contributed by atoms with Gasteiger partial charge in [0.25, 0.3) is 0 Å². The normalized spacial score (nSPS) is 26.5. The molecular weight excluding hydrogens is 312 g/mol. The number of ketones is 1. The van der Waals surface area contributed by atoms with E-state index >= 15 is 0 Å². The number of benzene rings is 1. The second-order valence-electron chi connectivity index (χ2n) is 6.26. The Kier molecular flexibility index (Phi) is 5.05. The monoisotopic (exact) mass is 336 g/mol. The Bertz CT molecular complexity index is 549. The molecule has 2 unspecified atom stereocenters. The third kappa shape index (κ3) is 3.30. The molecule has 23 heavy (non-hydrogen) atoms. The topological polar surface area (TPSA) is 44.8 Å². The van der Waals surface area contributed by atoms with Crippen molar-refractivity contribution in [1.29, 1.82) is 0 Å². The molecule has 0 aromatic heterocycles. The highest BCUT2D eigenvalue weighted by Gasteiger charge is 2.36. The summed E-state index contributed by atoms with van der Waals surface area (Å²) >= 11 is 2.09. The molecule has 4 nitrogen and oxygen atoms in total. The van der Waals surface area contributed by atoms with Crippen LogP contribution in [0.5, 0.6) is 17.2 Å². The molecule has 3 rings (SSSR count). The molecule has 1 aromatic carbocycles. The van der Waals surface area contributed by atoms with E-state index in [1.165, 1.54) is 19.3 Å². The predicted molar refractivity (Wildman–Crippen MR) is 92.2 cm³/mol. The Balaban J connectivity index is 1.87. The van der Waals surface area contributed by atoms with E-state index in [4.69, 9.17) is 14.2 Å². The zero-order chi connectivity index (χ0) is 16.4. The van der Waals surface area contributed by atoms with Crippen LogP contribution in [0.25, 0.3) is 0 Å². The molecule has 2 aliphatic heterocycles. The molecule has 2 aliphatic rings. The van der Waals surface area contributed by atoms with Gasteiger partial charge in [-0.3, -0.25) is 4.79 Å². The maximum atomic E-state index is 13.0. The molecule has 0 amide bonds. The molecule has 2 atom stereocenters. The molecule has 2 bridgehead atoms. The van der Waals surface area contributed by atoms with E-state index in [1.807, 2.05) is 0 Å². The smallest absolute Gasteiger partial charge is 0.203 e. The molecule has 5 heteroatoms. The Labute approximate surface area is 141 Å². The highest BCUT2D eigenvalue weighted by Crippen LogP contribution is 2.45. The summed E-state index contributed by atoms with van der Waals surface area (Å²) in [5.74, 6) is 1.94. The van der Waals surface area contributed by atoms with Crippen molar-refractivity contribution >= 4 is 17.5 Å². The summed E-state index contributed by atoms with van der Waals surface area (Å²) < 4.78 is 16.1. The first kappa shape index (κ1) is 16.5. The molecular formula is C18H24O4S. The first-order valence-corrected chi connectivity index (χ1v) is 9.10. The van der Waals surface area contributed by atoms with E-state index in [0.29, 0.717) is 33.3 Å². The van der Waals surface area contributed by atoms with Crippen molar-refractivity contribution in [1.82, 2.24) is 0 Å². The van der Waals surface area contributed by atoms with Crippen LogP contribution in [0.3, 0.4) is 0 Å². The van der Waals surface area contributed by atoms with Crippen LogP contribution in [0.1, 0.15) is 42.5 Å². The second-order valence-corrected chi connectivity index (χ2v) is 7.86. The van der Waals surface area contributed by atoms with Gasteiger partial charge in [0.2, 0.25) is 5.75 Å². The number of Topliss-reactive ketones (excluding diaryl/α,β-unsaturated/α-hetero) is 1. The van der Waals surface area contributed by atoms with E-state index in [2.05, 4.69) is 11.8 Å². The number of carbonyl (C=O) groups excluding carboxylic acids is 1. The SMILES string of the molecule is COc1cc(C(=O)C2CC3CCCC(C2)S3)cc(OC)c1OC. The zero-order valence-corrected chi connectivity index (χ0v) is 14.8. The van der Waals surface area contributed by atoms with Crippen molar-refractivity contribution < 1.29 is 19.0 Å². The summed E-state index contributed by atoms with van der Waals surface area (Å²) in [7, 11) is 4.72. The van der Waals surface area contributed by atoms with Crippen LogP contribution >= 0.6 is 11.8 Å². The van der Waals surface area contributed by atoms with E-state index in [0.717, 1.165) is 12.8 Å². The fraction of sp³-hybridized carbons (Fsp3) is 0.611. The Morgan fingerprint density at radius 3 is 2.04 bits per heavy atom. The van der Waals surface area contributed by atoms with Gasteiger partial charge in [-0.15, -0.1) is 0 Å². The van der Waals surface area contributed by atoms with Gasteiger partial charge in [0.05, 0.1) is 21.3 Å². The van der Waals surface area contributed by atoms with Crippen LogP contribution < -0.4 is 14.2 Å². The van der Waals surface area contributed by atoms with Crippen molar-refractivity contribution in [2.75, 3.05) is 21.3 Å². The zero-order valence-electron chi connectivity index (χ0n) is 14.0. The summed E-state index contributed by atoms with van der Waals surface area (Å²) in [6.07, 6.45) is 5.81. The van der Waals surface area contributed by atoms with Gasteiger partial charge in [-0.25, -0.2) is 0 Å². The molecule has 1 aromatic rings. The molecule has 2 heterocycles. The largest absolute Gasteiger partial charge is 0.493 e. The van der Waals surface area contributed by atoms with Crippen LogP contribution in [0.4, 0.5) is 0 Å². The minimum absolute atomic E-state index is 0.120. The third-order valence-electron chi connectivity index (χ3n) is 4.85. The lowest BCUT2D eigenvalue weighted by atomic mass is 9.84. The molecule has 0 aliphatic carbocycles. The first-order chi connectivity index (χ1) is 11.2. The van der Waals surface area contributed by atoms with E-state index in [-0.39, 0.29) is 11.7 Å². The number of thioether (sulfide) groups is 1. The number of hydrogen-bond acceptors (Lipinski definition) is 5. The Hall–Kier alpha value is -1.36. The van der Waals surface area contributed by atoms with E-state index < -0.39 is 0 Å². The van der Waals surface area contributed by atoms with Gasteiger partial charge in [0.15, 0.2) is 17.3 Å². The number of carbonyl (C=O) groups is 1. The second kappa shape index (κ2) is 7.04. The fourth-order valence-corrected chi connectivity index (χ4v) is 5.57. The van der Waals surface area contributed by atoms with Crippen LogP contribution in [0, 0.1) is 5.92 Å². The number of methoxy groups -OCH3 is 3. The lowest BCUT2D eigenvalue weighted by Gasteiger charge is -2.38. The molecule has 2 saturated heterocycles. The van der Waals surface area contributed by atoms with E-state index in [9.17, 15) is 4.79 Å². The van der Waals surface area contributed by atoms with Gasteiger partial charge < -0.3 is 14.2 Å². The number of hydrogen-bond donors (Lipinski definition) is 0. The van der Waals surface area contributed by atoms with Crippen LogP contribution in [0.15, 0.2) is 12.1 Å². The van der Waals surface area contributed by atoms with Crippen LogP contribution in [-0.4, -0.2) is 37.6 Å².